The molecule has 2 nitrogen and oxygen atoms in total. The van der Waals surface area contributed by atoms with Gasteiger partial charge in [0.1, 0.15) is 0 Å². The van der Waals surface area contributed by atoms with E-state index in [1.54, 1.807) is 0 Å². The number of nitrogens with two attached hydrogens (primary N) is 1. The summed E-state index contributed by atoms with van der Waals surface area (Å²) in [6, 6.07) is 7.71. The third-order valence-electron chi connectivity index (χ3n) is 1.33. The van der Waals surface area contributed by atoms with E-state index in [9.17, 15) is 0 Å². The molecule has 60 valence electrons. The number of rotatable bonds is 3. The zero-order valence-corrected chi connectivity index (χ0v) is 7.76. The van der Waals surface area contributed by atoms with Gasteiger partial charge in [-0.15, -0.1) is 0 Å². The van der Waals surface area contributed by atoms with Crippen LogP contribution in [0.4, 0.5) is 11.4 Å². The maximum atomic E-state index is 5.52. The summed E-state index contributed by atoms with van der Waals surface area (Å²) in [6.07, 6.45) is 0. The lowest BCUT2D eigenvalue weighted by molar-refractivity contribution is 1.24. The average molecular weight is 215 g/mol. The Hall–Kier alpha value is -0.700. The minimum absolute atomic E-state index is 0.800. The molecule has 0 unspecified atom stereocenters. The molecule has 0 atom stereocenters. The number of hydrogen-bond acceptors (Lipinski definition) is 2. The van der Waals surface area contributed by atoms with Gasteiger partial charge in [-0.1, -0.05) is 15.9 Å². The third-order valence-corrected chi connectivity index (χ3v) is 1.73. The maximum Gasteiger partial charge on any atom is 0.0341 e. The summed E-state index contributed by atoms with van der Waals surface area (Å²) in [5, 5.41) is 4.17. The second-order valence-electron chi connectivity index (χ2n) is 2.24. The number of alkyl halides is 1. The number of halogens is 1. The molecule has 0 radical (unpaired) electrons. The van der Waals surface area contributed by atoms with Crippen LogP contribution in [0.25, 0.3) is 0 Å². The Morgan fingerprint density at radius 2 is 1.91 bits per heavy atom. The topological polar surface area (TPSA) is 38.0 Å². The highest BCUT2D eigenvalue weighted by atomic mass is 79.9. The summed E-state index contributed by atoms with van der Waals surface area (Å²) in [5.41, 5.74) is 7.43. The zero-order chi connectivity index (χ0) is 8.10. The van der Waals surface area contributed by atoms with Crippen molar-refractivity contribution < 1.29 is 0 Å². The predicted octanol–water partition coefficient (Wildman–Crippen LogP) is 2.08. The fraction of sp³-hybridized carbons (Fsp3) is 0.250. The monoisotopic (exact) mass is 214 g/mol. The van der Waals surface area contributed by atoms with E-state index in [1.807, 2.05) is 24.3 Å². The van der Waals surface area contributed by atoms with Crippen molar-refractivity contribution in [2.75, 3.05) is 22.9 Å². The minimum Gasteiger partial charge on any atom is -0.399 e. The van der Waals surface area contributed by atoms with Crippen LogP contribution in [0.3, 0.4) is 0 Å². The van der Waals surface area contributed by atoms with E-state index >= 15 is 0 Å². The van der Waals surface area contributed by atoms with Crippen molar-refractivity contribution in [3.63, 3.8) is 0 Å². The molecule has 0 heterocycles. The number of benzene rings is 1. The molecule has 0 saturated carbocycles. The van der Waals surface area contributed by atoms with Crippen LogP contribution in [0.5, 0.6) is 0 Å². The first-order chi connectivity index (χ1) is 5.33. The van der Waals surface area contributed by atoms with E-state index in [0.717, 1.165) is 23.2 Å². The summed E-state index contributed by atoms with van der Waals surface area (Å²) in [7, 11) is 0. The second kappa shape index (κ2) is 4.23. The quantitative estimate of drug-likeness (QED) is 0.598. The van der Waals surface area contributed by atoms with Gasteiger partial charge in [0, 0.05) is 23.2 Å². The van der Waals surface area contributed by atoms with Gasteiger partial charge < -0.3 is 11.1 Å². The largest absolute Gasteiger partial charge is 0.399 e. The summed E-state index contributed by atoms with van der Waals surface area (Å²) < 4.78 is 0. The molecule has 1 aromatic rings. The van der Waals surface area contributed by atoms with Gasteiger partial charge >= 0.3 is 0 Å². The van der Waals surface area contributed by atoms with Crippen LogP contribution in [-0.4, -0.2) is 11.9 Å². The molecule has 1 rings (SSSR count). The summed E-state index contributed by atoms with van der Waals surface area (Å²) in [6.45, 7) is 0.934. The molecule has 0 saturated heterocycles. The number of anilines is 2. The van der Waals surface area contributed by atoms with E-state index in [4.69, 9.17) is 5.73 Å². The van der Waals surface area contributed by atoms with Gasteiger partial charge in [0.2, 0.25) is 0 Å². The number of hydrogen-bond donors (Lipinski definition) is 2. The summed E-state index contributed by atoms with van der Waals surface area (Å²) >= 11 is 3.33. The molecule has 0 aliphatic carbocycles. The molecule has 1 aromatic carbocycles. The van der Waals surface area contributed by atoms with Crippen molar-refractivity contribution in [3.8, 4) is 0 Å². The van der Waals surface area contributed by atoms with Crippen LogP contribution in [0.2, 0.25) is 0 Å². The Morgan fingerprint density at radius 3 is 2.45 bits per heavy atom. The molecular weight excluding hydrogens is 204 g/mol. The Bertz CT molecular complexity index is 208. The van der Waals surface area contributed by atoms with E-state index in [-0.39, 0.29) is 0 Å². The molecule has 0 aliphatic heterocycles. The van der Waals surface area contributed by atoms with E-state index in [2.05, 4.69) is 21.2 Å². The molecule has 0 fully saturated rings. The first-order valence-corrected chi connectivity index (χ1v) is 4.60. The van der Waals surface area contributed by atoms with Crippen LogP contribution >= 0.6 is 15.9 Å². The van der Waals surface area contributed by atoms with Crippen LogP contribution in [0, 0.1) is 0 Å². The predicted molar refractivity (Wildman–Crippen MR) is 53.1 cm³/mol. The molecule has 3 heteroatoms. The average Bonchev–Trinajstić information content (AvgIpc) is 2.04. The second-order valence-corrected chi connectivity index (χ2v) is 3.03. The van der Waals surface area contributed by atoms with Gasteiger partial charge in [0.25, 0.3) is 0 Å². The Balaban J connectivity index is 2.52. The summed E-state index contributed by atoms with van der Waals surface area (Å²) in [5.74, 6) is 0. The van der Waals surface area contributed by atoms with Crippen molar-refractivity contribution in [1.29, 1.82) is 0 Å². The van der Waals surface area contributed by atoms with Crippen LogP contribution in [0.1, 0.15) is 0 Å². The molecule has 0 amide bonds. The zero-order valence-electron chi connectivity index (χ0n) is 6.18. The first-order valence-electron chi connectivity index (χ1n) is 3.48. The van der Waals surface area contributed by atoms with E-state index in [1.165, 1.54) is 0 Å². The highest BCUT2D eigenvalue weighted by molar-refractivity contribution is 9.09. The lowest BCUT2D eigenvalue weighted by Crippen LogP contribution is -2.01. The van der Waals surface area contributed by atoms with Crippen molar-refractivity contribution in [1.82, 2.24) is 0 Å². The Kier molecular flexibility index (Phi) is 3.23. The summed E-state index contributed by atoms with van der Waals surface area (Å²) in [4.78, 5) is 0. The van der Waals surface area contributed by atoms with Gasteiger partial charge in [0.05, 0.1) is 0 Å². The fourth-order valence-corrected chi connectivity index (χ4v) is 0.991. The Morgan fingerprint density at radius 1 is 1.27 bits per heavy atom. The third kappa shape index (κ3) is 2.80. The molecule has 11 heavy (non-hydrogen) atoms. The lowest BCUT2D eigenvalue weighted by atomic mass is 10.3. The van der Waals surface area contributed by atoms with Crippen molar-refractivity contribution in [2.24, 2.45) is 0 Å². The first kappa shape index (κ1) is 8.40. The molecule has 0 aliphatic rings. The van der Waals surface area contributed by atoms with Crippen LogP contribution < -0.4 is 11.1 Å². The standard InChI is InChI=1S/C8H11BrN2/c9-5-6-11-8-3-1-7(10)2-4-8/h1-4,11H,5-6,10H2. The van der Waals surface area contributed by atoms with Gasteiger partial charge in [-0.3, -0.25) is 0 Å². The molecule has 3 N–H and O–H groups in total. The smallest absolute Gasteiger partial charge is 0.0341 e. The van der Waals surface area contributed by atoms with Crippen molar-refractivity contribution in [2.45, 2.75) is 0 Å². The molecule has 0 aromatic heterocycles. The number of nitrogen functional groups attached to an aromatic ring is 1. The van der Waals surface area contributed by atoms with E-state index in [0.29, 0.717) is 0 Å². The Labute approximate surface area is 74.9 Å². The highest BCUT2D eigenvalue weighted by Gasteiger charge is 1.88. The van der Waals surface area contributed by atoms with Crippen LogP contribution in [-0.2, 0) is 0 Å². The van der Waals surface area contributed by atoms with Gasteiger partial charge in [0.15, 0.2) is 0 Å². The van der Waals surface area contributed by atoms with Gasteiger partial charge in [-0.05, 0) is 24.3 Å². The molecule has 0 spiro atoms. The minimum atomic E-state index is 0.800. The molecule has 0 bridgehead atoms. The normalized spacial score (nSPS) is 9.55. The van der Waals surface area contributed by atoms with E-state index < -0.39 is 0 Å². The van der Waals surface area contributed by atoms with Crippen molar-refractivity contribution in [3.05, 3.63) is 24.3 Å². The molecular formula is C8H11BrN2. The fourth-order valence-electron chi connectivity index (χ4n) is 0.793. The van der Waals surface area contributed by atoms with Gasteiger partial charge in [-0.2, -0.15) is 0 Å². The SMILES string of the molecule is Nc1ccc(NCCBr)cc1. The lowest BCUT2D eigenvalue weighted by Gasteiger charge is -2.02. The van der Waals surface area contributed by atoms with Gasteiger partial charge in [-0.25, -0.2) is 0 Å². The maximum absolute atomic E-state index is 5.52. The van der Waals surface area contributed by atoms with Crippen molar-refractivity contribution >= 4 is 27.3 Å². The van der Waals surface area contributed by atoms with Crippen LogP contribution in [0.15, 0.2) is 24.3 Å². The highest BCUT2D eigenvalue weighted by Crippen LogP contribution is 2.09. The number of nitrogens with one attached hydrogen (secondary N) is 1.